The van der Waals surface area contributed by atoms with E-state index in [0.717, 1.165) is 0 Å². The predicted molar refractivity (Wildman–Crippen MR) is 111 cm³/mol. The number of aliphatic hydroxyl groups excluding tert-OH is 5. The minimum atomic E-state index is -1.23. The fraction of sp³-hybridized carbons (Fsp3) is 0.667. The topological polar surface area (TPSA) is 288 Å². The smallest absolute Gasteiger partial charge is 1.00 e. The summed E-state index contributed by atoms with van der Waals surface area (Å²) in [6.45, 7) is 5.98. The minimum absolute atomic E-state index is 0. The second kappa shape index (κ2) is 84.6. The summed E-state index contributed by atoms with van der Waals surface area (Å²) in [5.41, 5.74) is 0. The number of carboxylic acid groups (broad SMARTS) is 5. The van der Waals surface area contributed by atoms with Crippen LogP contribution in [0.4, 0.5) is 0 Å². The maximum absolute atomic E-state index is 9.45. The quantitative estimate of drug-likeness (QED) is 0.116. The predicted octanol–water partition coefficient (Wildman–Crippen LogP) is -40.2. The van der Waals surface area contributed by atoms with Gasteiger partial charge in [0.2, 0.25) is 0 Å². The molecule has 0 aromatic heterocycles. The first-order chi connectivity index (χ1) is 13.2. The van der Waals surface area contributed by atoms with Crippen LogP contribution in [0.15, 0.2) is 0 Å². The zero-order valence-electron chi connectivity index (χ0n) is 42.9. The van der Waals surface area contributed by atoms with Gasteiger partial charge in [-0.15, -0.1) is 0 Å². The Labute approximate surface area is 559 Å². The van der Waals surface area contributed by atoms with Crippen LogP contribution in [0.1, 0.15) is 53.2 Å². The molecule has 0 heterocycles. The molecule has 0 rings (SSSR count). The van der Waals surface area contributed by atoms with Crippen molar-refractivity contribution in [1.29, 1.82) is 0 Å². The number of carboxylic acids is 5. The Bertz CT molecular complexity index is 472. The Morgan fingerprint density at radius 3 is 0.326 bits per heavy atom. The Morgan fingerprint density at radius 1 is 0.302 bits per heavy atom. The summed E-state index contributed by atoms with van der Waals surface area (Å²) in [4.78, 5) is 47.2. The number of rotatable bonds is 5. The van der Waals surface area contributed by atoms with Gasteiger partial charge in [0, 0.05) is 0 Å². The SMILES string of the molecule is CC(O)C(=O)O.CC(O)C(=O)O.CC(O)C(=O)O.CC(O)C(=O)O.CC(O)C(=O)O.[H-].[H-].[H-].[H-].[H-].[H-].[H-].[H-].[H-].[H-].[H-].[H-].[H-].[Na+].[Na+].[Na+].[Na+].[Na+].[Na+].[Na+].[Na+].[Na+].[Na+].[Na+].[Na+].[Na+]. The summed E-state index contributed by atoms with van der Waals surface area (Å²) < 4.78 is 0. The Balaban J connectivity index is -0.00000000431. The first-order valence-electron chi connectivity index (χ1n) is 7.76. The van der Waals surface area contributed by atoms with E-state index in [1.54, 1.807) is 0 Å². The second-order valence-electron chi connectivity index (χ2n) is 5.07. The molecule has 0 aliphatic rings. The van der Waals surface area contributed by atoms with Crippen LogP contribution >= 0.6 is 0 Å². The number of aliphatic hydroxyl groups is 5. The number of aliphatic carboxylic acids is 5. The molecule has 0 aromatic rings. The molecule has 0 aromatic carbocycles. The molecule has 0 radical (unpaired) electrons. The van der Waals surface area contributed by atoms with Gasteiger partial charge in [-0.2, -0.15) is 0 Å². The van der Waals surface area contributed by atoms with Crippen molar-refractivity contribution in [3.63, 3.8) is 0 Å². The van der Waals surface area contributed by atoms with Gasteiger partial charge in [-0.3, -0.25) is 0 Å². The zero-order valence-corrected chi connectivity index (χ0v) is 55.9. The summed E-state index contributed by atoms with van der Waals surface area (Å²) >= 11 is 0. The molecular formula is C15H43Na13O15. The maximum Gasteiger partial charge on any atom is 1.00 e. The molecule has 0 fully saturated rings. The van der Waals surface area contributed by atoms with Crippen LogP contribution in [-0.2, 0) is 24.0 Å². The van der Waals surface area contributed by atoms with Gasteiger partial charge in [0.1, 0.15) is 30.5 Å². The summed E-state index contributed by atoms with van der Waals surface area (Å²) in [5, 5.41) is 78.9. The molecule has 10 N–H and O–H groups in total. The molecule has 0 bridgehead atoms. The van der Waals surface area contributed by atoms with Crippen molar-refractivity contribution in [2.24, 2.45) is 0 Å². The van der Waals surface area contributed by atoms with Crippen molar-refractivity contribution in [3.05, 3.63) is 0 Å². The zero-order chi connectivity index (χ0) is 25.8. The van der Waals surface area contributed by atoms with Crippen molar-refractivity contribution in [2.45, 2.75) is 65.1 Å². The van der Waals surface area contributed by atoms with Crippen LogP contribution in [0.5, 0.6) is 0 Å². The first-order valence-corrected chi connectivity index (χ1v) is 7.76. The van der Waals surface area contributed by atoms with E-state index in [4.69, 9.17) is 51.1 Å². The van der Waals surface area contributed by atoms with Crippen LogP contribution < -0.4 is 384 Å². The van der Waals surface area contributed by atoms with Crippen LogP contribution in [0, 0.1) is 0 Å². The maximum atomic E-state index is 9.45. The molecule has 0 saturated carbocycles. The van der Waals surface area contributed by atoms with E-state index >= 15 is 0 Å². The van der Waals surface area contributed by atoms with Gasteiger partial charge >= 0.3 is 414 Å². The van der Waals surface area contributed by atoms with Gasteiger partial charge in [0.15, 0.2) is 0 Å². The van der Waals surface area contributed by atoms with E-state index in [-0.39, 0.29) is 403 Å². The monoisotopic (exact) mass is 762 g/mol. The summed E-state index contributed by atoms with van der Waals surface area (Å²) in [7, 11) is 0. The Kier molecular flexibility index (Phi) is 230. The van der Waals surface area contributed by atoms with Gasteiger partial charge in [0.05, 0.1) is 0 Å². The van der Waals surface area contributed by atoms with Gasteiger partial charge in [-0.05, 0) is 34.6 Å². The van der Waals surface area contributed by atoms with Crippen molar-refractivity contribution >= 4 is 29.8 Å². The van der Waals surface area contributed by atoms with Gasteiger partial charge in [-0.25, -0.2) is 24.0 Å². The molecular weight excluding hydrogens is 719 g/mol. The molecule has 43 heavy (non-hydrogen) atoms. The number of hydrogen-bond acceptors (Lipinski definition) is 10. The Morgan fingerprint density at radius 2 is 0.326 bits per heavy atom. The molecule has 0 spiro atoms. The molecule has 5 unspecified atom stereocenters. The average Bonchev–Trinajstić information content (AvgIpc) is 2.56. The molecule has 28 heteroatoms. The number of carbonyl (C=O) groups is 5. The first kappa shape index (κ1) is 117. The van der Waals surface area contributed by atoms with E-state index in [9.17, 15) is 24.0 Å². The van der Waals surface area contributed by atoms with Gasteiger partial charge in [-0.1, -0.05) is 0 Å². The second-order valence-corrected chi connectivity index (χ2v) is 5.07. The van der Waals surface area contributed by atoms with E-state index in [0.29, 0.717) is 0 Å². The van der Waals surface area contributed by atoms with Crippen molar-refractivity contribution in [3.8, 4) is 0 Å². The van der Waals surface area contributed by atoms with E-state index in [1.165, 1.54) is 34.6 Å². The van der Waals surface area contributed by atoms with Crippen LogP contribution in [0.2, 0.25) is 0 Å². The molecule has 0 aliphatic heterocycles. The van der Waals surface area contributed by atoms with Crippen LogP contribution in [0.3, 0.4) is 0 Å². The van der Waals surface area contributed by atoms with E-state index in [2.05, 4.69) is 0 Å². The summed E-state index contributed by atoms with van der Waals surface area (Å²) in [6.07, 6.45) is -6.16. The van der Waals surface area contributed by atoms with Gasteiger partial charge in [0.25, 0.3) is 0 Å². The van der Waals surface area contributed by atoms with Crippen molar-refractivity contribution in [1.82, 2.24) is 0 Å². The largest absolute Gasteiger partial charge is 1.00 e. The van der Waals surface area contributed by atoms with E-state index in [1.807, 2.05) is 0 Å². The van der Waals surface area contributed by atoms with Crippen LogP contribution in [0.25, 0.3) is 0 Å². The van der Waals surface area contributed by atoms with Crippen molar-refractivity contribution in [2.75, 3.05) is 0 Å². The minimum Gasteiger partial charge on any atom is -1.00 e. The summed E-state index contributed by atoms with van der Waals surface area (Å²) in [5.74, 6) is -5.93. The summed E-state index contributed by atoms with van der Waals surface area (Å²) in [6, 6.07) is 0. The third-order valence-electron chi connectivity index (χ3n) is 1.79. The average molecular weight is 762 g/mol. The van der Waals surface area contributed by atoms with Crippen molar-refractivity contribution < 1.29 is 478 Å². The third kappa shape index (κ3) is 144. The molecule has 15 nitrogen and oxygen atoms in total. The third-order valence-corrected chi connectivity index (χ3v) is 1.79. The molecule has 5 atom stereocenters. The molecule has 0 aliphatic carbocycles. The standard InChI is InChI=1S/5C3H6O3.13Na.13H/c5*1-2(4)3(5)6;;;;;;;;;;;;;;;;;;;;;;;;;;/h5*2,4H,1H3,(H,5,6);;;;;;;;;;;;;;;;;;;;;;;;;;/q;;;;;13*+1;13*-1. The van der Waals surface area contributed by atoms with Gasteiger partial charge < -0.3 is 69.6 Å². The Hall–Kier alpha value is 10.1. The normalized spacial score (nSPS) is 9.53. The molecule has 0 amide bonds. The number of hydrogen-bond donors (Lipinski definition) is 10. The van der Waals surface area contributed by atoms with Crippen LogP contribution in [-0.4, -0.2) is 111 Å². The molecule has 206 valence electrons. The molecule has 0 saturated heterocycles. The fourth-order valence-electron chi connectivity index (χ4n) is 0. The van der Waals surface area contributed by atoms with E-state index < -0.39 is 60.4 Å². The fourth-order valence-corrected chi connectivity index (χ4v) is 0.